The third-order valence-electron chi connectivity index (χ3n) is 3.72. The summed E-state index contributed by atoms with van der Waals surface area (Å²) < 4.78 is 30.8. The van der Waals surface area contributed by atoms with Gasteiger partial charge in [0.05, 0.1) is 11.1 Å². The van der Waals surface area contributed by atoms with Gasteiger partial charge in [-0.2, -0.15) is 0 Å². The first-order chi connectivity index (χ1) is 11.6. The molecule has 0 aliphatic carbocycles. The molecule has 1 aromatic heterocycles. The fraction of sp³-hybridized carbons (Fsp3) is 0.250. The molecule has 8 nitrogen and oxygen atoms in total. The number of carbonyl (C=O) groups is 2. The van der Waals surface area contributed by atoms with Crippen LogP contribution < -0.4 is 10.0 Å². The maximum Gasteiger partial charge on any atom is 0.336 e. The molecule has 0 radical (unpaired) electrons. The zero-order chi connectivity index (χ0) is 18.9. The Balaban J connectivity index is 2.38. The molecule has 0 aliphatic heterocycles. The van der Waals surface area contributed by atoms with Crippen molar-refractivity contribution in [1.29, 1.82) is 0 Å². The summed E-state index contributed by atoms with van der Waals surface area (Å²) in [4.78, 5) is 23.7. The average molecular weight is 366 g/mol. The van der Waals surface area contributed by atoms with E-state index in [1.807, 2.05) is 0 Å². The van der Waals surface area contributed by atoms with Crippen LogP contribution in [-0.4, -0.2) is 32.4 Å². The second-order valence-corrected chi connectivity index (χ2v) is 7.30. The summed E-state index contributed by atoms with van der Waals surface area (Å²) in [5.74, 6) is -1.56. The molecule has 0 aliphatic rings. The zero-order valence-electron chi connectivity index (χ0n) is 14.1. The molecule has 0 unspecified atom stereocenters. The second kappa shape index (κ2) is 6.69. The molecule has 134 valence electrons. The maximum absolute atomic E-state index is 12.4. The van der Waals surface area contributed by atoms with Gasteiger partial charge in [0.1, 0.15) is 5.76 Å². The fourth-order valence-corrected chi connectivity index (χ4v) is 3.03. The second-order valence-electron chi connectivity index (χ2n) is 5.48. The van der Waals surface area contributed by atoms with Crippen molar-refractivity contribution in [2.24, 2.45) is 0 Å². The molecular formula is C16H18N2O6S. The van der Waals surface area contributed by atoms with Gasteiger partial charge in [0.25, 0.3) is 15.9 Å². The van der Waals surface area contributed by atoms with E-state index in [0.717, 1.165) is 6.07 Å². The van der Waals surface area contributed by atoms with Crippen LogP contribution in [0.3, 0.4) is 0 Å². The lowest BCUT2D eigenvalue weighted by atomic mass is 10.0. The van der Waals surface area contributed by atoms with Crippen LogP contribution in [0, 0.1) is 20.8 Å². The van der Waals surface area contributed by atoms with Gasteiger partial charge >= 0.3 is 5.97 Å². The Kier molecular flexibility index (Phi) is 5.00. The van der Waals surface area contributed by atoms with E-state index in [2.05, 4.69) is 10.0 Å². The van der Waals surface area contributed by atoms with Crippen molar-refractivity contribution in [2.75, 3.05) is 12.4 Å². The van der Waals surface area contributed by atoms with Gasteiger partial charge in [-0.15, -0.1) is 0 Å². The third-order valence-corrected chi connectivity index (χ3v) is 4.99. The quantitative estimate of drug-likeness (QED) is 0.744. The van der Waals surface area contributed by atoms with E-state index >= 15 is 0 Å². The maximum atomic E-state index is 12.4. The first-order valence-electron chi connectivity index (χ1n) is 7.26. The Labute approximate surface area is 144 Å². The van der Waals surface area contributed by atoms with Crippen LogP contribution in [0.5, 0.6) is 0 Å². The van der Waals surface area contributed by atoms with Gasteiger partial charge in [-0.1, -0.05) is 6.07 Å². The number of nitrogens with one attached hydrogen (secondary N) is 2. The summed E-state index contributed by atoms with van der Waals surface area (Å²) in [6.45, 7) is 4.86. The minimum absolute atomic E-state index is 0.0469. The topological polar surface area (TPSA) is 126 Å². The minimum Gasteiger partial charge on any atom is -0.478 e. The Morgan fingerprint density at radius 2 is 1.68 bits per heavy atom. The number of aryl methyl sites for hydroxylation is 3. The van der Waals surface area contributed by atoms with E-state index in [0.29, 0.717) is 16.8 Å². The monoisotopic (exact) mass is 366 g/mol. The number of rotatable bonds is 5. The van der Waals surface area contributed by atoms with Gasteiger partial charge in [-0.3, -0.25) is 4.79 Å². The molecule has 1 amide bonds. The smallest absolute Gasteiger partial charge is 0.336 e. The number of furan rings is 1. The molecule has 2 aromatic rings. The van der Waals surface area contributed by atoms with Crippen LogP contribution in [0.15, 0.2) is 27.7 Å². The summed E-state index contributed by atoms with van der Waals surface area (Å²) in [6.07, 6.45) is 0. The van der Waals surface area contributed by atoms with Crippen LogP contribution in [0.4, 0.5) is 5.69 Å². The van der Waals surface area contributed by atoms with Gasteiger partial charge in [0, 0.05) is 11.8 Å². The molecule has 0 atom stereocenters. The number of anilines is 1. The number of carboxylic acid groups (broad SMARTS) is 1. The van der Waals surface area contributed by atoms with Gasteiger partial charge in [0.2, 0.25) is 5.09 Å². The predicted octanol–water partition coefficient (Wildman–Crippen LogP) is 2.06. The van der Waals surface area contributed by atoms with Crippen LogP contribution in [0.1, 0.15) is 37.6 Å². The van der Waals surface area contributed by atoms with Crippen LogP contribution in [-0.2, 0) is 10.0 Å². The molecule has 25 heavy (non-hydrogen) atoms. The highest BCUT2D eigenvalue weighted by molar-refractivity contribution is 7.89. The van der Waals surface area contributed by atoms with Crippen molar-refractivity contribution in [1.82, 2.24) is 4.72 Å². The lowest BCUT2D eigenvalue weighted by Crippen LogP contribution is -2.18. The van der Waals surface area contributed by atoms with Gasteiger partial charge in [-0.25, -0.2) is 17.9 Å². The first kappa shape index (κ1) is 18.7. The number of carbonyl (C=O) groups excluding carboxylic acids is 1. The predicted molar refractivity (Wildman–Crippen MR) is 90.5 cm³/mol. The minimum atomic E-state index is -3.81. The number of hydrogen-bond acceptors (Lipinski definition) is 5. The van der Waals surface area contributed by atoms with E-state index in [1.54, 1.807) is 19.9 Å². The zero-order valence-corrected chi connectivity index (χ0v) is 14.9. The number of benzene rings is 1. The van der Waals surface area contributed by atoms with Gasteiger partial charge < -0.3 is 14.8 Å². The molecule has 0 saturated carbocycles. The van der Waals surface area contributed by atoms with Crippen molar-refractivity contribution in [3.8, 4) is 0 Å². The van der Waals surface area contributed by atoms with Crippen molar-refractivity contribution in [3.05, 3.63) is 46.2 Å². The molecule has 1 aromatic carbocycles. The van der Waals surface area contributed by atoms with E-state index in [4.69, 9.17) is 4.42 Å². The van der Waals surface area contributed by atoms with Gasteiger partial charge in [-0.05, 0) is 45.0 Å². The highest BCUT2D eigenvalue weighted by Crippen LogP contribution is 2.24. The van der Waals surface area contributed by atoms with Crippen molar-refractivity contribution in [2.45, 2.75) is 25.9 Å². The first-order valence-corrected chi connectivity index (χ1v) is 8.75. The van der Waals surface area contributed by atoms with E-state index < -0.39 is 21.9 Å². The Hall–Kier alpha value is -2.65. The Bertz CT molecular complexity index is 959. The third kappa shape index (κ3) is 3.72. The molecule has 0 fully saturated rings. The SMILES string of the molecule is CNS(=O)(=O)c1cc(C(=O)Nc2cc(C(=O)O)c(C)cc2C)c(C)o1. The molecule has 0 spiro atoms. The van der Waals surface area contributed by atoms with Crippen LogP contribution >= 0.6 is 0 Å². The summed E-state index contributed by atoms with van der Waals surface area (Å²) in [6, 6.07) is 4.14. The number of carboxylic acids is 1. The molecule has 2 rings (SSSR count). The molecule has 1 heterocycles. The molecule has 3 N–H and O–H groups in total. The summed E-state index contributed by atoms with van der Waals surface area (Å²) in [5.41, 5.74) is 1.70. The highest BCUT2D eigenvalue weighted by atomic mass is 32.2. The average Bonchev–Trinajstić information content (AvgIpc) is 2.92. The lowest BCUT2D eigenvalue weighted by molar-refractivity contribution is 0.0695. The fourth-order valence-electron chi connectivity index (χ4n) is 2.32. The van der Waals surface area contributed by atoms with Crippen LogP contribution in [0.2, 0.25) is 0 Å². The van der Waals surface area contributed by atoms with E-state index in [1.165, 1.54) is 20.0 Å². The largest absolute Gasteiger partial charge is 0.478 e. The van der Waals surface area contributed by atoms with Crippen molar-refractivity contribution >= 4 is 27.6 Å². The normalized spacial score (nSPS) is 11.4. The number of amides is 1. The summed E-state index contributed by atoms with van der Waals surface area (Å²) in [5, 5.41) is 11.4. The van der Waals surface area contributed by atoms with Crippen molar-refractivity contribution < 1.29 is 27.5 Å². The molecule has 0 bridgehead atoms. The lowest BCUT2D eigenvalue weighted by Gasteiger charge is -2.11. The molecule has 9 heteroatoms. The highest BCUT2D eigenvalue weighted by Gasteiger charge is 2.23. The van der Waals surface area contributed by atoms with Crippen LogP contribution in [0.25, 0.3) is 0 Å². The van der Waals surface area contributed by atoms with E-state index in [9.17, 15) is 23.1 Å². The number of sulfonamides is 1. The van der Waals surface area contributed by atoms with Crippen molar-refractivity contribution in [3.63, 3.8) is 0 Å². The summed E-state index contributed by atoms with van der Waals surface area (Å²) in [7, 11) is -2.58. The number of aromatic carboxylic acids is 1. The standard InChI is InChI=1S/C16H18N2O6S/c1-8-5-9(2)13(6-11(8)16(20)21)18-15(19)12-7-14(24-10(12)3)25(22,23)17-4/h5-7,17H,1-4H3,(H,18,19)(H,20,21). The van der Waals surface area contributed by atoms with E-state index in [-0.39, 0.29) is 22.0 Å². The number of hydrogen-bond donors (Lipinski definition) is 3. The molecule has 0 saturated heterocycles. The Morgan fingerprint density at radius 3 is 2.24 bits per heavy atom. The van der Waals surface area contributed by atoms with Gasteiger partial charge in [0.15, 0.2) is 0 Å². The summed E-state index contributed by atoms with van der Waals surface area (Å²) >= 11 is 0. The Morgan fingerprint density at radius 1 is 1.04 bits per heavy atom. The molecular weight excluding hydrogens is 348 g/mol.